The van der Waals surface area contributed by atoms with Gasteiger partial charge < -0.3 is 15.8 Å². The topological polar surface area (TPSA) is 87.6 Å². The first kappa shape index (κ1) is 13.8. The molecule has 0 amide bonds. The van der Waals surface area contributed by atoms with Crippen LogP contribution in [0.5, 0.6) is 0 Å². The highest BCUT2D eigenvalue weighted by Crippen LogP contribution is 2.13. The maximum absolute atomic E-state index is 8.70. The van der Waals surface area contributed by atoms with E-state index in [9.17, 15) is 0 Å². The molecule has 0 aliphatic heterocycles. The van der Waals surface area contributed by atoms with Gasteiger partial charge in [-0.25, -0.2) is 0 Å². The second-order valence-corrected chi connectivity index (χ2v) is 4.57. The third-order valence-corrected chi connectivity index (χ3v) is 2.93. The zero-order valence-electron chi connectivity index (χ0n) is 11.5. The SMILES string of the molecule is Cc1ccc(N(C)Cc2cccc(C(N)=NO)c2)nn1. The second-order valence-electron chi connectivity index (χ2n) is 4.57. The summed E-state index contributed by atoms with van der Waals surface area (Å²) >= 11 is 0. The van der Waals surface area contributed by atoms with Crippen LogP contribution >= 0.6 is 0 Å². The maximum Gasteiger partial charge on any atom is 0.170 e. The van der Waals surface area contributed by atoms with Gasteiger partial charge in [-0.2, -0.15) is 5.10 Å². The minimum Gasteiger partial charge on any atom is -0.409 e. The van der Waals surface area contributed by atoms with Crippen LogP contribution in [0.2, 0.25) is 0 Å². The van der Waals surface area contributed by atoms with Crippen LogP contribution in [-0.2, 0) is 6.54 Å². The second kappa shape index (κ2) is 6.01. The Labute approximate surface area is 117 Å². The summed E-state index contributed by atoms with van der Waals surface area (Å²) < 4.78 is 0. The first-order valence-corrected chi connectivity index (χ1v) is 6.18. The fraction of sp³-hybridized carbons (Fsp3) is 0.214. The summed E-state index contributed by atoms with van der Waals surface area (Å²) in [6.45, 7) is 2.56. The number of oxime groups is 1. The highest BCUT2D eigenvalue weighted by atomic mass is 16.4. The van der Waals surface area contributed by atoms with E-state index >= 15 is 0 Å². The zero-order valence-corrected chi connectivity index (χ0v) is 11.5. The number of nitrogens with zero attached hydrogens (tertiary/aromatic N) is 4. The Morgan fingerprint density at radius 1 is 1.30 bits per heavy atom. The first-order chi connectivity index (χ1) is 9.60. The number of amidine groups is 1. The quantitative estimate of drug-likeness (QED) is 0.381. The molecule has 6 nitrogen and oxygen atoms in total. The Morgan fingerprint density at radius 2 is 2.10 bits per heavy atom. The van der Waals surface area contributed by atoms with Crippen LogP contribution in [-0.4, -0.2) is 28.3 Å². The maximum atomic E-state index is 8.70. The van der Waals surface area contributed by atoms with E-state index in [2.05, 4.69) is 15.4 Å². The Morgan fingerprint density at radius 3 is 2.75 bits per heavy atom. The average Bonchev–Trinajstić information content (AvgIpc) is 2.47. The van der Waals surface area contributed by atoms with Gasteiger partial charge in [0, 0.05) is 19.2 Å². The molecule has 0 bridgehead atoms. The minimum absolute atomic E-state index is 0.102. The lowest BCUT2D eigenvalue weighted by molar-refractivity contribution is 0.318. The summed E-state index contributed by atoms with van der Waals surface area (Å²) in [6, 6.07) is 11.4. The average molecular weight is 271 g/mol. The van der Waals surface area contributed by atoms with Crippen molar-refractivity contribution in [3.63, 3.8) is 0 Å². The minimum atomic E-state index is 0.102. The van der Waals surface area contributed by atoms with Gasteiger partial charge in [-0.15, -0.1) is 5.10 Å². The number of aromatic nitrogens is 2. The molecular weight excluding hydrogens is 254 g/mol. The number of benzene rings is 1. The largest absolute Gasteiger partial charge is 0.409 e. The number of nitrogens with two attached hydrogens (primary N) is 1. The molecule has 2 rings (SSSR count). The van der Waals surface area contributed by atoms with Gasteiger partial charge in [0.15, 0.2) is 11.7 Å². The number of aryl methyl sites for hydroxylation is 1. The lowest BCUT2D eigenvalue weighted by atomic mass is 10.1. The Balaban J connectivity index is 2.15. The van der Waals surface area contributed by atoms with Crippen molar-refractivity contribution in [2.75, 3.05) is 11.9 Å². The standard InChI is InChI=1S/C14H17N5O/c1-10-6-7-13(17-16-10)19(2)9-11-4-3-5-12(8-11)14(15)18-20/h3-8,20H,9H2,1-2H3,(H2,15,18). The lowest BCUT2D eigenvalue weighted by Gasteiger charge is -2.18. The van der Waals surface area contributed by atoms with E-state index < -0.39 is 0 Å². The smallest absolute Gasteiger partial charge is 0.170 e. The van der Waals surface area contributed by atoms with Crippen molar-refractivity contribution in [1.82, 2.24) is 10.2 Å². The fourth-order valence-electron chi connectivity index (χ4n) is 1.84. The molecule has 3 N–H and O–H groups in total. The van der Waals surface area contributed by atoms with Crippen molar-refractivity contribution in [2.45, 2.75) is 13.5 Å². The molecule has 1 aromatic carbocycles. The van der Waals surface area contributed by atoms with E-state index in [-0.39, 0.29) is 5.84 Å². The van der Waals surface area contributed by atoms with Gasteiger partial charge in [0.05, 0.1) is 5.69 Å². The van der Waals surface area contributed by atoms with Crippen molar-refractivity contribution in [1.29, 1.82) is 0 Å². The molecule has 0 unspecified atom stereocenters. The fourth-order valence-corrected chi connectivity index (χ4v) is 1.84. The van der Waals surface area contributed by atoms with E-state index in [4.69, 9.17) is 10.9 Å². The molecular formula is C14H17N5O. The van der Waals surface area contributed by atoms with Crippen molar-refractivity contribution in [3.8, 4) is 0 Å². The number of rotatable bonds is 4. The summed E-state index contributed by atoms with van der Waals surface area (Å²) in [5.41, 5.74) is 8.20. The summed E-state index contributed by atoms with van der Waals surface area (Å²) in [6.07, 6.45) is 0. The zero-order chi connectivity index (χ0) is 14.5. The van der Waals surface area contributed by atoms with E-state index in [1.54, 1.807) is 6.07 Å². The molecule has 0 fully saturated rings. The molecule has 1 aromatic heterocycles. The van der Waals surface area contributed by atoms with Gasteiger partial charge in [-0.05, 0) is 30.7 Å². The molecule has 0 aliphatic carbocycles. The molecule has 0 aliphatic rings. The lowest BCUT2D eigenvalue weighted by Crippen LogP contribution is -2.19. The molecule has 0 saturated carbocycles. The normalized spacial score (nSPS) is 11.4. The number of anilines is 1. The molecule has 104 valence electrons. The molecule has 2 aromatic rings. The van der Waals surface area contributed by atoms with Gasteiger partial charge in [-0.1, -0.05) is 23.4 Å². The van der Waals surface area contributed by atoms with E-state index in [0.717, 1.165) is 17.1 Å². The number of hydrogen-bond donors (Lipinski definition) is 2. The van der Waals surface area contributed by atoms with Crippen molar-refractivity contribution in [3.05, 3.63) is 53.2 Å². The van der Waals surface area contributed by atoms with Crippen molar-refractivity contribution in [2.24, 2.45) is 10.9 Å². The molecule has 20 heavy (non-hydrogen) atoms. The van der Waals surface area contributed by atoms with Crippen molar-refractivity contribution < 1.29 is 5.21 Å². The van der Waals surface area contributed by atoms with E-state index in [0.29, 0.717) is 12.1 Å². The predicted molar refractivity (Wildman–Crippen MR) is 77.8 cm³/mol. The van der Waals surface area contributed by atoms with Crippen LogP contribution in [0.15, 0.2) is 41.6 Å². The van der Waals surface area contributed by atoms with Gasteiger partial charge >= 0.3 is 0 Å². The van der Waals surface area contributed by atoms with Gasteiger partial charge in [0.25, 0.3) is 0 Å². The van der Waals surface area contributed by atoms with Crippen molar-refractivity contribution >= 4 is 11.7 Å². The van der Waals surface area contributed by atoms with Gasteiger partial charge in [0.2, 0.25) is 0 Å². The molecule has 0 spiro atoms. The predicted octanol–water partition coefficient (Wildman–Crippen LogP) is 1.52. The van der Waals surface area contributed by atoms with Crippen LogP contribution in [0, 0.1) is 6.92 Å². The number of hydrogen-bond acceptors (Lipinski definition) is 5. The molecule has 0 atom stereocenters. The van der Waals surface area contributed by atoms with Crippen LogP contribution in [0.3, 0.4) is 0 Å². The molecule has 1 heterocycles. The summed E-state index contributed by atoms with van der Waals surface area (Å²) in [4.78, 5) is 1.98. The Bertz CT molecular complexity index is 609. The molecule has 0 radical (unpaired) electrons. The first-order valence-electron chi connectivity index (χ1n) is 6.18. The molecule has 6 heteroatoms. The molecule has 0 saturated heterocycles. The summed E-state index contributed by atoms with van der Waals surface area (Å²) in [5, 5.41) is 19.9. The highest BCUT2D eigenvalue weighted by molar-refractivity contribution is 5.97. The summed E-state index contributed by atoms with van der Waals surface area (Å²) in [7, 11) is 1.94. The Kier molecular flexibility index (Phi) is 4.14. The van der Waals surface area contributed by atoms with E-state index in [1.165, 1.54) is 0 Å². The van der Waals surface area contributed by atoms with Crippen LogP contribution < -0.4 is 10.6 Å². The third kappa shape index (κ3) is 3.23. The van der Waals surface area contributed by atoms with E-state index in [1.807, 2.05) is 49.2 Å². The third-order valence-electron chi connectivity index (χ3n) is 2.93. The summed E-state index contributed by atoms with van der Waals surface area (Å²) in [5.74, 6) is 0.898. The Hall–Kier alpha value is -2.63. The van der Waals surface area contributed by atoms with Crippen LogP contribution in [0.4, 0.5) is 5.82 Å². The van der Waals surface area contributed by atoms with Gasteiger partial charge in [-0.3, -0.25) is 0 Å². The van der Waals surface area contributed by atoms with Gasteiger partial charge in [0.1, 0.15) is 0 Å². The van der Waals surface area contributed by atoms with Crippen LogP contribution in [0.25, 0.3) is 0 Å². The van der Waals surface area contributed by atoms with Crippen LogP contribution in [0.1, 0.15) is 16.8 Å². The monoisotopic (exact) mass is 271 g/mol. The highest BCUT2D eigenvalue weighted by Gasteiger charge is 2.06.